The fourth-order valence-corrected chi connectivity index (χ4v) is 3.30. The molecule has 0 saturated carbocycles. The zero-order valence-corrected chi connectivity index (χ0v) is 12.6. The van der Waals surface area contributed by atoms with Crippen molar-refractivity contribution in [1.29, 1.82) is 0 Å². The molecule has 0 atom stereocenters. The molecule has 1 fully saturated rings. The molecule has 2 heterocycles. The lowest BCUT2D eigenvalue weighted by Crippen LogP contribution is -2.36. The van der Waals surface area contributed by atoms with Crippen LogP contribution in [0.1, 0.15) is 22.3 Å². The molecule has 2 rings (SSSR count). The van der Waals surface area contributed by atoms with Crippen molar-refractivity contribution in [3.05, 3.63) is 10.6 Å². The summed E-state index contributed by atoms with van der Waals surface area (Å²) in [6.45, 7) is 5.23. The van der Waals surface area contributed by atoms with Gasteiger partial charge in [0.15, 0.2) is 5.13 Å². The van der Waals surface area contributed by atoms with Gasteiger partial charge in [0.25, 0.3) is 0 Å². The van der Waals surface area contributed by atoms with Gasteiger partial charge in [0.2, 0.25) is 0 Å². The van der Waals surface area contributed by atoms with Crippen LogP contribution in [0.3, 0.4) is 0 Å². The van der Waals surface area contributed by atoms with E-state index in [1.807, 2.05) is 0 Å². The van der Waals surface area contributed by atoms with Gasteiger partial charge in [0, 0.05) is 18.4 Å². The van der Waals surface area contributed by atoms with Gasteiger partial charge in [-0.05, 0) is 6.92 Å². The third-order valence-electron chi connectivity index (χ3n) is 2.56. The lowest BCUT2D eigenvalue weighted by atomic mass is 10.4. The molecule has 0 spiro atoms. The fourth-order valence-electron chi connectivity index (χ4n) is 1.68. The number of thiazole rings is 1. The Morgan fingerprint density at radius 3 is 2.89 bits per heavy atom. The van der Waals surface area contributed by atoms with E-state index in [1.54, 1.807) is 6.92 Å². The molecule has 1 saturated heterocycles. The number of hydrogen-bond donors (Lipinski definition) is 0. The SMILES string of the molecule is CCOC(=O)c1sc(N2CCOCC2)nc1CBr. The van der Waals surface area contributed by atoms with E-state index in [0.717, 1.165) is 23.9 Å². The second kappa shape index (κ2) is 6.49. The van der Waals surface area contributed by atoms with Crippen molar-refractivity contribution in [3.8, 4) is 0 Å². The Kier molecular flexibility index (Phi) is 4.96. The van der Waals surface area contributed by atoms with Crippen molar-refractivity contribution < 1.29 is 14.3 Å². The van der Waals surface area contributed by atoms with E-state index in [9.17, 15) is 4.79 Å². The second-order valence-electron chi connectivity index (χ2n) is 3.73. The molecule has 0 aromatic carbocycles. The number of carbonyl (C=O) groups is 1. The van der Waals surface area contributed by atoms with Gasteiger partial charge < -0.3 is 14.4 Å². The van der Waals surface area contributed by atoms with Crippen molar-refractivity contribution in [3.63, 3.8) is 0 Å². The van der Waals surface area contributed by atoms with Gasteiger partial charge in [-0.2, -0.15) is 0 Å². The summed E-state index contributed by atoms with van der Waals surface area (Å²) in [4.78, 5) is 19.0. The first-order valence-electron chi connectivity index (χ1n) is 5.81. The van der Waals surface area contributed by atoms with Gasteiger partial charge in [-0.15, -0.1) is 0 Å². The molecule has 1 aliphatic heterocycles. The van der Waals surface area contributed by atoms with Gasteiger partial charge >= 0.3 is 5.97 Å². The quantitative estimate of drug-likeness (QED) is 0.623. The van der Waals surface area contributed by atoms with E-state index in [0.29, 0.717) is 30.0 Å². The predicted molar refractivity (Wildman–Crippen MR) is 73.7 cm³/mol. The Hall–Kier alpha value is -0.660. The summed E-state index contributed by atoms with van der Waals surface area (Å²) >= 11 is 4.75. The van der Waals surface area contributed by atoms with Crippen molar-refractivity contribution in [1.82, 2.24) is 4.98 Å². The highest BCUT2D eigenvalue weighted by Crippen LogP contribution is 2.29. The van der Waals surface area contributed by atoms with Gasteiger partial charge in [-0.1, -0.05) is 27.3 Å². The number of esters is 1. The minimum atomic E-state index is -0.288. The van der Waals surface area contributed by atoms with Crippen molar-refractivity contribution in [2.75, 3.05) is 37.8 Å². The molecule has 100 valence electrons. The van der Waals surface area contributed by atoms with E-state index < -0.39 is 0 Å². The van der Waals surface area contributed by atoms with E-state index in [2.05, 4.69) is 25.8 Å². The molecule has 0 radical (unpaired) electrons. The number of nitrogens with zero attached hydrogens (tertiary/aromatic N) is 2. The number of aromatic nitrogens is 1. The third-order valence-corrected chi connectivity index (χ3v) is 4.22. The van der Waals surface area contributed by atoms with Crippen molar-refractivity contribution in [2.45, 2.75) is 12.3 Å². The molecule has 0 bridgehead atoms. The van der Waals surface area contributed by atoms with Gasteiger partial charge in [0.1, 0.15) is 4.88 Å². The molecular formula is C11H15BrN2O3S. The molecule has 0 amide bonds. The van der Waals surface area contributed by atoms with Crippen LogP contribution in [0.15, 0.2) is 0 Å². The second-order valence-corrected chi connectivity index (χ2v) is 5.26. The summed E-state index contributed by atoms with van der Waals surface area (Å²) in [7, 11) is 0. The minimum Gasteiger partial charge on any atom is -0.462 e. The summed E-state index contributed by atoms with van der Waals surface area (Å²) in [5.41, 5.74) is 0.750. The zero-order valence-electron chi connectivity index (χ0n) is 10.1. The van der Waals surface area contributed by atoms with Crippen LogP contribution >= 0.6 is 27.3 Å². The maximum atomic E-state index is 11.8. The lowest BCUT2D eigenvalue weighted by molar-refractivity contribution is 0.0531. The maximum absolute atomic E-state index is 11.8. The third kappa shape index (κ3) is 3.02. The topological polar surface area (TPSA) is 51.7 Å². The van der Waals surface area contributed by atoms with Gasteiger partial charge in [0.05, 0.1) is 25.5 Å². The number of anilines is 1. The Morgan fingerprint density at radius 2 is 2.28 bits per heavy atom. The summed E-state index contributed by atoms with van der Waals surface area (Å²) < 4.78 is 10.3. The molecule has 7 heteroatoms. The Bertz CT molecular complexity index is 418. The van der Waals surface area contributed by atoms with Crippen LogP contribution in [-0.2, 0) is 14.8 Å². The van der Waals surface area contributed by atoms with Crippen LogP contribution in [0.2, 0.25) is 0 Å². The van der Waals surface area contributed by atoms with Gasteiger partial charge in [-0.3, -0.25) is 0 Å². The lowest BCUT2D eigenvalue weighted by Gasteiger charge is -2.25. The summed E-state index contributed by atoms with van der Waals surface area (Å²) in [6.07, 6.45) is 0. The Morgan fingerprint density at radius 1 is 1.56 bits per heavy atom. The molecule has 0 N–H and O–H groups in total. The highest BCUT2D eigenvalue weighted by atomic mass is 79.9. The molecule has 1 aliphatic rings. The average molecular weight is 335 g/mol. The number of morpholine rings is 1. The van der Waals surface area contributed by atoms with Gasteiger partial charge in [-0.25, -0.2) is 9.78 Å². The normalized spacial score (nSPS) is 15.8. The van der Waals surface area contributed by atoms with Crippen LogP contribution in [0.4, 0.5) is 5.13 Å². The number of halogens is 1. The van der Waals surface area contributed by atoms with Crippen LogP contribution in [0.25, 0.3) is 0 Å². The molecule has 1 aromatic rings. The van der Waals surface area contributed by atoms with E-state index in [1.165, 1.54) is 11.3 Å². The molecule has 18 heavy (non-hydrogen) atoms. The molecular weight excluding hydrogens is 320 g/mol. The van der Waals surface area contributed by atoms with E-state index in [4.69, 9.17) is 9.47 Å². The first-order chi connectivity index (χ1) is 8.76. The molecule has 0 aliphatic carbocycles. The molecule has 5 nitrogen and oxygen atoms in total. The largest absolute Gasteiger partial charge is 0.462 e. The minimum absolute atomic E-state index is 0.288. The predicted octanol–water partition coefficient (Wildman–Crippen LogP) is 2.05. The van der Waals surface area contributed by atoms with Crippen LogP contribution < -0.4 is 4.90 Å². The summed E-state index contributed by atoms with van der Waals surface area (Å²) in [5, 5.41) is 1.43. The van der Waals surface area contributed by atoms with Crippen LogP contribution in [0.5, 0.6) is 0 Å². The highest BCUT2D eigenvalue weighted by Gasteiger charge is 2.22. The van der Waals surface area contributed by atoms with Crippen molar-refractivity contribution >= 4 is 38.4 Å². The number of hydrogen-bond acceptors (Lipinski definition) is 6. The highest BCUT2D eigenvalue weighted by molar-refractivity contribution is 9.08. The number of alkyl halides is 1. The van der Waals surface area contributed by atoms with E-state index >= 15 is 0 Å². The van der Waals surface area contributed by atoms with E-state index in [-0.39, 0.29) is 5.97 Å². The zero-order chi connectivity index (χ0) is 13.0. The monoisotopic (exact) mass is 334 g/mol. The number of rotatable bonds is 4. The molecule has 0 unspecified atom stereocenters. The summed E-state index contributed by atoms with van der Waals surface area (Å²) in [6, 6.07) is 0. The first-order valence-corrected chi connectivity index (χ1v) is 7.75. The van der Waals surface area contributed by atoms with Crippen LogP contribution in [-0.4, -0.2) is 43.9 Å². The smallest absolute Gasteiger partial charge is 0.350 e. The standard InChI is InChI=1S/C11H15BrN2O3S/c1-2-17-10(15)9-8(7-12)13-11(18-9)14-3-5-16-6-4-14/h2-7H2,1H3. The first kappa shape index (κ1) is 13.8. The van der Waals surface area contributed by atoms with Crippen molar-refractivity contribution in [2.24, 2.45) is 0 Å². The number of carbonyl (C=O) groups excluding carboxylic acids is 1. The van der Waals surface area contributed by atoms with Crippen LogP contribution in [0, 0.1) is 0 Å². The summed E-state index contributed by atoms with van der Waals surface area (Å²) in [5.74, 6) is -0.288. The maximum Gasteiger partial charge on any atom is 0.350 e. The Labute approximate surface area is 118 Å². The fraction of sp³-hybridized carbons (Fsp3) is 0.636. The Balaban J connectivity index is 2.19. The average Bonchev–Trinajstić information content (AvgIpc) is 2.84. The number of ether oxygens (including phenoxy) is 2. The molecule has 1 aromatic heterocycles.